The lowest BCUT2D eigenvalue weighted by Gasteiger charge is -2.46. The van der Waals surface area contributed by atoms with E-state index in [0.717, 1.165) is 17.3 Å². The fourth-order valence-electron chi connectivity index (χ4n) is 4.34. The van der Waals surface area contributed by atoms with Crippen molar-refractivity contribution in [2.75, 3.05) is 6.54 Å². The first-order chi connectivity index (χ1) is 14.1. The molecule has 1 heterocycles. The van der Waals surface area contributed by atoms with Crippen molar-refractivity contribution in [3.05, 3.63) is 28.2 Å². The molecule has 3 rings (SSSR count). The summed E-state index contributed by atoms with van der Waals surface area (Å²) in [6.45, 7) is 5.69. The summed E-state index contributed by atoms with van der Waals surface area (Å²) >= 11 is 3.41. The third kappa shape index (κ3) is 5.25. The molecule has 1 aliphatic heterocycles. The predicted molar refractivity (Wildman–Crippen MR) is 113 cm³/mol. The van der Waals surface area contributed by atoms with Crippen LogP contribution in [0.4, 0.5) is 4.79 Å². The highest BCUT2D eigenvalue weighted by molar-refractivity contribution is 9.10. The summed E-state index contributed by atoms with van der Waals surface area (Å²) < 4.78 is 12.4. The Bertz CT molecular complexity index is 860. The maximum atomic E-state index is 12.6. The second kappa shape index (κ2) is 8.84. The smallest absolute Gasteiger partial charge is 0.411 e. The standard InChI is InChI=1S/C22H27BrN2O5/c1-22(2,3)30-21(28)25-12-14-5-7-17(8-15(14)9-18(25)20(26)27)29-19-10-16(23)6-4-13(19)11-24/h4,6,10,14-15,17-18H,5,7-9,12H2,1-3H3,(H,26,27). The maximum absolute atomic E-state index is 12.6. The Morgan fingerprint density at radius 1 is 1.23 bits per heavy atom. The van der Waals surface area contributed by atoms with Gasteiger partial charge in [-0.15, -0.1) is 0 Å². The van der Waals surface area contributed by atoms with Crippen molar-refractivity contribution in [2.24, 2.45) is 11.8 Å². The molecular formula is C22H27BrN2O5. The van der Waals surface area contributed by atoms with Gasteiger partial charge in [-0.05, 0) is 76.5 Å². The van der Waals surface area contributed by atoms with Crippen molar-refractivity contribution in [1.82, 2.24) is 4.90 Å². The number of nitrogens with zero attached hydrogens (tertiary/aromatic N) is 2. The number of nitriles is 1. The minimum Gasteiger partial charge on any atom is -0.489 e. The average molecular weight is 479 g/mol. The number of carbonyl (C=O) groups is 2. The molecule has 0 aromatic heterocycles. The number of ether oxygens (including phenoxy) is 2. The van der Waals surface area contributed by atoms with Crippen LogP contribution in [0.15, 0.2) is 22.7 Å². The number of hydrogen-bond acceptors (Lipinski definition) is 5. The van der Waals surface area contributed by atoms with Crippen LogP contribution in [0.25, 0.3) is 0 Å². The van der Waals surface area contributed by atoms with Gasteiger partial charge in [-0.3, -0.25) is 4.90 Å². The van der Waals surface area contributed by atoms with Crippen molar-refractivity contribution in [2.45, 2.75) is 64.2 Å². The maximum Gasteiger partial charge on any atom is 0.411 e. The van der Waals surface area contributed by atoms with E-state index < -0.39 is 23.7 Å². The number of piperidine rings is 1. The molecule has 4 atom stereocenters. The van der Waals surface area contributed by atoms with Crippen LogP contribution in [-0.2, 0) is 9.53 Å². The van der Waals surface area contributed by atoms with E-state index >= 15 is 0 Å². The fourth-order valence-corrected chi connectivity index (χ4v) is 4.68. The first-order valence-electron chi connectivity index (χ1n) is 10.2. The van der Waals surface area contributed by atoms with Gasteiger partial charge in [0.15, 0.2) is 0 Å². The van der Waals surface area contributed by atoms with Crippen LogP contribution in [-0.4, -0.2) is 46.4 Å². The molecule has 8 heteroatoms. The van der Waals surface area contributed by atoms with Crippen LogP contribution >= 0.6 is 15.9 Å². The normalized spacial score (nSPS) is 26.3. The van der Waals surface area contributed by atoms with Crippen LogP contribution in [0, 0.1) is 23.2 Å². The molecule has 1 amide bonds. The van der Waals surface area contributed by atoms with Gasteiger partial charge in [0.2, 0.25) is 0 Å². The Labute approximate surface area is 185 Å². The lowest BCUT2D eigenvalue weighted by Crippen LogP contribution is -2.56. The number of benzene rings is 1. The molecule has 1 aromatic rings. The number of rotatable bonds is 3. The van der Waals surface area contributed by atoms with Gasteiger partial charge in [0.1, 0.15) is 23.5 Å². The topological polar surface area (TPSA) is 99.9 Å². The van der Waals surface area contributed by atoms with E-state index in [1.54, 1.807) is 39.0 Å². The largest absolute Gasteiger partial charge is 0.489 e. The van der Waals surface area contributed by atoms with Crippen LogP contribution in [0.2, 0.25) is 0 Å². The molecule has 0 radical (unpaired) electrons. The summed E-state index contributed by atoms with van der Waals surface area (Å²) in [4.78, 5) is 25.8. The van der Waals surface area contributed by atoms with Gasteiger partial charge in [0, 0.05) is 11.0 Å². The number of carboxylic acids is 1. The first-order valence-corrected chi connectivity index (χ1v) is 11.0. The lowest BCUT2D eigenvalue weighted by atomic mass is 9.72. The monoisotopic (exact) mass is 478 g/mol. The van der Waals surface area contributed by atoms with E-state index in [2.05, 4.69) is 22.0 Å². The summed E-state index contributed by atoms with van der Waals surface area (Å²) in [6.07, 6.45) is 2.04. The molecule has 162 valence electrons. The van der Waals surface area contributed by atoms with Gasteiger partial charge in [0.25, 0.3) is 0 Å². The van der Waals surface area contributed by atoms with Crippen LogP contribution in [0.3, 0.4) is 0 Å². The Balaban J connectivity index is 1.70. The molecule has 30 heavy (non-hydrogen) atoms. The Hall–Kier alpha value is -2.27. The van der Waals surface area contributed by atoms with E-state index in [1.807, 2.05) is 0 Å². The molecular weight excluding hydrogens is 452 g/mol. The van der Waals surface area contributed by atoms with Gasteiger partial charge in [-0.25, -0.2) is 9.59 Å². The highest BCUT2D eigenvalue weighted by atomic mass is 79.9. The second-order valence-corrected chi connectivity index (χ2v) is 9.96. The zero-order chi connectivity index (χ0) is 22.1. The minimum absolute atomic E-state index is 0.0878. The molecule has 4 unspecified atom stereocenters. The van der Waals surface area contributed by atoms with Crippen molar-refractivity contribution >= 4 is 28.0 Å². The number of carboxylic acid groups (broad SMARTS) is 1. The first kappa shape index (κ1) is 22.4. The van der Waals surface area contributed by atoms with Crippen LogP contribution in [0.1, 0.15) is 52.0 Å². The van der Waals surface area contributed by atoms with Crippen molar-refractivity contribution in [3.8, 4) is 11.8 Å². The third-order valence-corrected chi connectivity index (χ3v) is 6.19. The van der Waals surface area contributed by atoms with Crippen LogP contribution < -0.4 is 4.74 Å². The van der Waals surface area contributed by atoms with Crippen molar-refractivity contribution in [1.29, 1.82) is 5.26 Å². The van der Waals surface area contributed by atoms with Crippen molar-refractivity contribution < 1.29 is 24.2 Å². The molecule has 1 saturated heterocycles. The van der Waals surface area contributed by atoms with Gasteiger partial charge in [-0.2, -0.15) is 5.26 Å². The summed E-state index contributed by atoms with van der Waals surface area (Å²) in [5.41, 5.74) is -0.200. The number of hydrogen-bond donors (Lipinski definition) is 1. The lowest BCUT2D eigenvalue weighted by molar-refractivity contribution is -0.147. The molecule has 1 N–H and O–H groups in total. The highest BCUT2D eigenvalue weighted by Crippen LogP contribution is 2.41. The Morgan fingerprint density at radius 3 is 2.60 bits per heavy atom. The van der Waals surface area contributed by atoms with E-state index in [9.17, 15) is 20.0 Å². The van der Waals surface area contributed by atoms with Gasteiger partial charge in [0.05, 0.1) is 11.7 Å². The van der Waals surface area contributed by atoms with Crippen molar-refractivity contribution in [3.63, 3.8) is 0 Å². The number of amides is 1. The molecule has 1 aromatic carbocycles. The molecule has 2 fully saturated rings. The SMILES string of the molecule is CC(C)(C)OC(=O)N1CC2CCC(Oc3cc(Br)ccc3C#N)CC2CC1C(=O)O. The Morgan fingerprint density at radius 2 is 1.97 bits per heavy atom. The molecule has 1 saturated carbocycles. The summed E-state index contributed by atoms with van der Waals surface area (Å²) in [6, 6.07) is 6.54. The Kier molecular flexibility index (Phi) is 6.61. The predicted octanol–water partition coefficient (Wildman–Crippen LogP) is 4.58. The number of likely N-dealkylation sites (tertiary alicyclic amines) is 1. The zero-order valence-electron chi connectivity index (χ0n) is 17.4. The molecule has 2 aliphatic rings. The number of aliphatic carboxylic acids is 1. The van der Waals surface area contributed by atoms with E-state index in [0.29, 0.717) is 30.7 Å². The molecule has 0 spiro atoms. The zero-order valence-corrected chi connectivity index (χ0v) is 19.0. The van der Waals surface area contributed by atoms with E-state index in [1.165, 1.54) is 4.90 Å². The number of fused-ring (bicyclic) bond motifs is 1. The third-order valence-electron chi connectivity index (χ3n) is 5.70. The molecule has 1 aliphatic carbocycles. The van der Waals surface area contributed by atoms with E-state index in [4.69, 9.17) is 9.47 Å². The quantitative estimate of drug-likeness (QED) is 0.682. The number of halogens is 1. The number of carbonyl (C=O) groups excluding carboxylic acids is 1. The van der Waals surface area contributed by atoms with Gasteiger partial charge < -0.3 is 14.6 Å². The second-order valence-electron chi connectivity index (χ2n) is 9.05. The van der Waals surface area contributed by atoms with Gasteiger partial charge in [-0.1, -0.05) is 15.9 Å². The fraction of sp³-hybridized carbons (Fsp3) is 0.591. The highest BCUT2D eigenvalue weighted by Gasteiger charge is 2.45. The summed E-state index contributed by atoms with van der Waals surface area (Å²) in [7, 11) is 0. The van der Waals surface area contributed by atoms with Gasteiger partial charge >= 0.3 is 12.1 Å². The molecule has 7 nitrogen and oxygen atoms in total. The molecule has 0 bridgehead atoms. The van der Waals surface area contributed by atoms with E-state index in [-0.39, 0.29) is 17.9 Å². The summed E-state index contributed by atoms with van der Waals surface area (Å²) in [5.74, 6) is -0.121. The average Bonchev–Trinajstić information content (AvgIpc) is 2.65. The summed E-state index contributed by atoms with van der Waals surface area (Å²) in [5, 5.41) is 19.0. The minimum atomic E-state index is -1.01. The van der Waals surface area contributed by atoms with Crippen LogP contribution in [0.5, 0.6) is 5.75 Å².